The molecule has 0 unspecified atom stereocenters. The number of rotatable bonds is 4. The molecule has 2 rings (SSSR count). The Kier molecular flexibility index (Phi) is 4.73. The van der Waals surface area contributed by atoms with Gasteiger partial charge in [-0.15, -0.1) is 0 Å². The second-order valence-corrected chi connectivity index (χ2v) is 4.63. The minimum atomic E-state index is -0.785. The highest BCUT2D eigenvalue weighted by atomic mass is 16.5. The summed E-state index contributed by atoms with van der Waals surface area (Å²) in [7, 11) is 0. The number of carbonyl (C=O) groups is 1. The second-order valence-electron chi connectivity index (χ2n) is 4.63. The van der Waals surface area contributed by atoms with E-state index in [9.17, 15) is 4.79 Å². The van der Waals surface area contributed by atoms with Gasteiger partial charge >= 0.3 is 5.97 Å². The third kappa shape index (κ3) is 4.13. The summed E-state index contributed by atoms with van der Waals surface area (Å²) in [6.45, 7) is 4.61. The monoisotopic (exact) mass is 249 g/mol. The molecular formula is C14H19NO3. The quantitative estimate of drug-likeness (QED) is 0.879. The van der Waals surface area contributed by atoms with Crippen LogP contribution in [0.1, 0.15) is 17.5 Å². The largest absolute Gasteiger partial charge is 0.481 e. The highest BCUT2D eigenvalue weighted by molar-refractivity contribution is 5.70. The van der Waals surface area contributed by atoms with Crippen molar-refractivity contribution in [2.75, 3.05) is 26.3 Å². The molecule has 1 aromatic rings. The molecule has 0 saturated carbocycles. The molecule has 1 aromatic carbocycles. The summed E-state index contributed by atoms with van der Waals surface area (Å²) in [6, 6.07) is 7.84. The zero-order valence-electron chi connectivity index (χ0n) is 10.5. The summed E-state index contributed by atoms with van der Waals surface area (Å²) >= 11 is 0. The first-order valence-electron chi connectivity index (χ1n) is 6.34. The van der Waals surface area contributed by atoms with Gasteiger partial charge in [-0.1, -0.05) is 24.3 Å². The maximum absolute atomic E-state index is 10.6. The number of carboxylic acid groups (broad SMARTS) is 1. The lowest BCUT2D eigenvalue weighted by Crippen LogP contribution is -2.25. The Morgan fingerprint density at radius 2 is 1.89 bits per heavy atom. The maximum atomic E-state index is 10.6. The molecule has 0 atom stereocenters. The molecule has 18 heavy (non-hydrogen) atoms. The Bertz CT molecular complexity index is 381. The molecule has 0 spiro atoms. The van der Waals surface area contributed by atoms with Crippen molar-refractivity contribution >= 4 is 5.97 Å². The summed E-state index contributed by atoms with van der Waals surface area (Å²) in [5.74, 6) is -0.785. The number of benzene rings is 1. The Hall–Kier alpha value is -1.39. The van der Waals surface area contributed by atoms with Crippen LogP contribution in [0.5, 0.6) is 0 Å². The fourth-order valence-electron chi connectivity index (χ4n) is 2.15. The van der Waals surface area contributed by atoms with E-state index in [0.29, 0.717) is 0 Å². The molecule has 4 heteroatoms. The molecule has 0 amide bonds. The van der Waals surface area contributed by atoms with E-state index in [-0.39, 0.29) is 6.42 Å². The van der Waals surface area contributed by atoms with Gasteiger partial charge in [0.05, 0.1) is 13.0 Å². The molecule has 1 saturated heterocycles. The van der Waals surface area contributed by atoms with Crippen LogP contribution in [0.2, 0.25) is 0 Å². The van der Waals surface area contributed by atoms with E-state index < -0.39 is 5.97 Å². The van der Waals surface area contributed by atoms with Gasteiger partial charge in [-0.3, -0.25) is 9.69 Å². The molecule has 1 heterocycles. The van der Waals surface area contributed by atoms with Crippen LogP contribution in [-0.4, -0.2) is 42.3 Å². The van der Waals surface area contributed by atoms with Gasteiger partial charge in [0.25, 0.3) is 0 Å². The first-order valence-corrected chi connectivity index (χ1v) is 6.34. The third-order valence-electron chi connectivity index (χ3n) is 3.10. The van der Waals surface area contributed by atoms with Gasteiger partial charge in [0.15, 0.2) is 0 Å². The molecule has 0 bridgehead atoms. The topological polar surface area (TPSA) is 49.8 Å². The standard InChI is InChI=1S/C14H19NO3/c16-14(17)10-12-2-4-13(5-3-12)11-15-6-1-8-18-9-7-15/h2-5H,1,6-11H2,(H,16,17). The van der Waals surface area contributed by atoms with E-state index in [1.54, 1.807) is 0 Å². The van der Waals surface area contributed by atoms with Gasteiger partial charge < -0.3 is 9.84 Å². The van der Waals surface area contributed by atoms with E-state index in [4.69, 9.17) is 9.84 Å². The minimum absolute atomic E-state index is 0.0951. The Balaban J connectivity index is 1.90. The van der Waals surface area contributed by atoms with Crippen LogP contribution in [0.3, 0.4) is 0 Å². The molecule has 1 aliphatic rings. The van der Waals surface area contributed by atoms with Crippen LogP contribution >= 0.6 is 0 Å². The summed E-state index contributed by atoms with van der Waals surface area (Å²) in [5.41, 5.74) is 2.08. The van der Waals surface area contributed by atoms with Crippen molar-refractivity contribution in [3.05, 3.63) is 35.4 Å². The fourth-order valence-corrected chi connectivity index (χ4v) is 2.15. The fraction of sp³-hybridized carbons (Fsp3) is 0.500. The molecular weight excluding hydrogens is 230 g/mol. The molecule has 98 valence electrons. The summed E-state index contributed by atoms with van der Waals surface area (Å²) in [6.07, 6.45) is 1.18. The van der Waals surface area contributed by atoms with E-state index in [2.05, 4.69) is 4.90 Å². The molecule has 1 N–H and O–H groups in total. The molecule has 0 aromatic heterocycles. The van der Waals surface area contributed by atoms with Crippen LogP contribution in [0.15, 0.2) is 24.3 Å². The Morgan fingerprint density at radius 3 is 2.61 bits per heavy atom. The van der Waals surface area contributed by atoms with Gasteiger partial charge in [0, 0.05) is 26.2 Å². The lowest BCUT2D eigenvalue weighted by atomic mass is 10.1. The first kappa shape index (κ1) is 13.1. The number of aliphatic carboxylic acids is 1. The lowest BCUT2D eigenvalue weighted by molar-refractivity contribution is -0.136. The zero-order chi connectivity index (χ0) is 12.8. The summed E-state index contributed by atoms with van der Waals surface area (Å²) in [5, 5.41) is 8.71. The van der Waals surface area contributed by atoms with Crippen molar-refractivity contribution in [3.63, 3.8) is 0 Å². The Labute approximate surface area is 107 Å². The molecule has 1 aliphatic heterocycles. The third-order valence-corrected chi connectivity index (χ3v) is 3.10. The number of ether oxygens (including phenoxy) is 1. The molecule has 0 radical (unpaired) electrons. The second kappa shape index (κ2) is 6.52. The highest BCUT2D eigenvalue weighted by Gasteiger charge is 2.09. The SMILES string of the molecule is O=C(O)Cc1ccc(CN2CCCOCC2)cc1. The van der Waals surface area contributed by atoms with Crippen molar-refractivity contribution in [2.24, 2.45) is 0 Å². The van der Waals surface area contributed by atoms with Crippen molar-refractivity contribution in [1.29, 1.82) is 0 Å². The van der Waals surface area contributed by atoms with Gasteiger partial charge in [-0.25, -0.2) is 0 Å². The Morgan fingerprint density at radius 1 is 1.17 bits per heavy atom. The normalized spacial score (nSPS) is 17.3. The number of carboxylic acids is 1. The smallest absolute Gasteiger partial charge is 0.307 e. The van der Waals surface area contributed by atoms with Crippen LogP contribution < -0.4 is 0 Å². The number of hydrogen-bond acceptors (Lipinski definition) is 3. The van der Waals surface area contributed by atoms with Crippen LogP contribution in [0.4, 0.5) is 0 Å². The van der Waals surface area contributed by atoms with Crippen molar-refractivity contribution < 1.29 is 14.6 Å². The summed E-state index contributed by atoms with van der Waals surface area (Å²) in [4.78, 5) is 13.0. The lowest BCUT2D eigenvalue weighted by Gasteiger charge is -2.19. The molecule has 0 aliphatic carbocycles. The van der Waals surface area contributed by atoms with Gasteiger partial charge in [0.2, 0.25) is 0 Å². The number of hydrogen-bond donors (Lipinski definition) is 1. The molecule has 1 fully saturated rings. The summed E-state index contributed by atoms with van der Waals surface area (Å²) < 4.78 is 5.42. The van der Waals surface area contributed by atoms with Crippen molar-refractivity contribution in [2.45, 2.75) is 19.4 Å². The average Bonchev–Trinajstić information content (AvgIpc) is 2.60. The molecule has 4 nitrogen and oxygen atoms in total. The minimum Gasteiger partial charge on any atom is -0.481 e. The van der Waals surface area contributed by atoms with Crippen LogP contribution in [0, 0.1) is 0 Å². The van der Waals surface area contributed by atoms with E-state index in [1.807, 2.05) is 24.3 Å². The zero-order valence-corrected chi connectivity index (χ0v) is 10.5. The van der Waals surface area contributed by atoms with Crippen molar-refractivity contribution in [1.82, 2.24) is 4.90 Å². The van der Waals surface area contributed by atoms with E-state index in [1.165, 1.54) is 5.56 Å². The maximum Gasteiger partial charge on any atom is 0.307 e. The van der Waals surface area contributed by atoms with Gasteiger partial charge in [-0.2, -0.15) is 0 Å². The van der Waals surface area contributed by atoms with Gasteiger partial charge in [0.1, 0.15) is 0 Å². The first-order chi connectivity index (χ1) is 8.74. The predicted molar refractivity (Wildman–Crippen MR) is 68.5 cm³/mol. The van der Waals surface area contributed by atoms with E-state index >= 15 is 0 Å². The highest BCUT2D eigenvalue weighted by Crippen LogP contribution is 2.10. The van der Waals surface area contributed by atoms with Crippen molar-refractivity contribution in [3.8, 4) is 0 Å². The van der Waals surface area contributed by atoms with E-state index in [0.717, 1.165) is 44.8 Å². The van der Waals surface area contributed by atoms with Crippen LogP contribution in [-0.2, 0) is 22.5 Å². The number of nitrogens with zero attached hydrogens (tertiary/aromatic N) is 1. The van der Waals surface area contributed by atoms with Crippen LogP contribution in [0.25, 0.3) is 0 Å². The van der Waals surface area contributed by atoms with Gasteiger partial charge in [-0.05, 0) is 17.5 Å². The predicted octanol–water partition coefficient (Wildman–Crippen LogP) is 1.54. The average molecular weight is 249 g/mol.